The second-order valence-corrected chi connectivity index (χ2v) is 7.18. The molecule has 0 spiro atoms. The molecule has 3 nitrogen and oxygen atoms in total. The molecule has 1 aromatic heterocycles. The van der Waals surface area contributed by atoms with Crippen molar-refractivity contribution in [1.82, 2.24) is 4.98 Å². The molecule has 0 saturated carbocycles. The Labute approximate surface area is 144 Å². The molecule has 1 aliphatic rings. The number of thioether (sulfide) groups is 1. The van der Waals surface area contributed by atoms with Gasteiger partial charge in [-0.15, -0.1) is 11.8 Å². The topological polar surface area (TPSA) is 42.1 Å². The second kappa shape index (κ2) is 5.95. The molecule has 2 aromatic carbocycles. The fourth-order valence-electron chi connectivity index (χ4n) is 2.89. The third kappa shape index (κ3) is 2.84. The van der Waals surface area contributed by atoms with Crippen molar-refractivity contribution in [3.8, 4) is 0 Å². The van der Waals surface area contributed by atoms with Crippen molar-refractivity contribution in [3.63, 3.8) is 0 Å². The van der Waals surface area contributed by atoms with Crippen LogP contribution in [0.25, 0.3) is 10.9 Å². The first-order valence-electron chi connectivity index (χ1n) is 7.52. The minimum atomic E-state index is 0.679. The number of pyridine rings is 1. The maximum absolute atomic E-state index is 6.24. The number of aromatic nitrogens is 1. The van der Waals surface area contributed by atoms with Crippen molar-refractivity contribution in [2.75, 3.05) is 22.9 Å². The van der Waals surface area contributed by atoms with Crippen LogP contribution in [0.15, 0.2) is 53.4 Å². The third-order valence-corrected chi connectivity index (χ3v) is 5.40. The van der Waals surface area contributed by atoms with Gasteiger partial charge in [0.05, 0.1) is 5.52 Å². The van der Waals surface area contributed by atoms with Gasteiger partial charge in [0.25, 0.3) is 0 Å². The molecule has 0 amide bonds. The Kier molecular flexibility index (Phi) is 3.79. The molecule has 23 heavy (non-hydrogen) atoms. The van der Waals surface area contributed by atoms with Gasteiger partial charge < -0.3 is 10.6 Å². The SMILES string of the molecule is Nc1cc(N2CCSc3ccccc3C2)nc2ccc(Cl)cc12. The van der Waals surface area contributed by atoms with E-state index in [4.69, 9.17) is 22.3 Å². The predicted molar refractivity (Wildman–Crippen MR) is 99.4 cm³/mol. The summed E-state index contributed by atoms with van der Waals surface area (Å²) in [4.78, 5) is 8.45. The number of halogens is 1. The molecule has 0 bridgehead atoms. The zero-order valence-corrected chi connectivity index (χ0v) is 14.1. The molecule has 0 aliphatic carbocycles. The number of rotatable bonds is 1. The summed E-state index contributed by atoms with van der Waals surface area (Å²) in [6.45, 7) is 1.81. The highest BCUT2D eigenvalue weighted by Gasteiger charge is 2.17. The monoisotopic (exact) mass is 341 g/mol. The van der Waals surface area contributed by atoms with E-state index in [2.05, 4.69) is 29.2 Å². The average molecular weight is 342 g/mol. The Morgan fingerprint density at radius 3 is 2.91 bits per heavy atom. The summed E-state index contributed by atoms with van der Waals surface area (Å²) in [7, 11) is 0. The Balaban J connectivity index is 1.75. The van der Waals surface area contributed by atoms with Gasteiger partial charge in [-0.1, -0.05) is 29.8 Å². The standard InChI is InChI=1S/C18H16ClN3S/c19-13-5-6-16-14(9-13)15(20)10-18(21-16)22-7-8-23-17-4-2-1-3-12(17)11-22/h1-6,9-10H,7-8,11H2,(H2,20,21). The quantitative estimate of drug-likeness (QED) is 0.703. The third-order valence-electron chi connectivity index (χ3n) is 4.07. The van der Waals surface area contributed by atoms with Crippen molar-refractivity contribution in [2.45, 2.75) is 11.4 Å². The number of nitrogens with zero attached hydrogens (tertiary/aromatic N) is 2. The van der Waals surface area contributed by atoms with Crippen molar-refractivity contribution >= 4 is 45.8 Å². The minimum Gasteiger partial charge on any atom is -0.398 e. The molecule has 0 unspecified atom stereocenters. The van der Waals surface area contributed by atoms with Gasteiger partial charge in [-0.25, -0.2) is 4.98 Å². The molecule has 0 saturated heterocycles. The smallest absolute Gasteiger partial charge is 0.131 e. The number of benzene rings is 2. The van der Waals surface area contributed by atoms with Crippen molar-refractivity contribution in [1.29, 1.82) is 0 Å². The molecule has 3 aromatic rings. The highest BCUT2D eigenvalue weighted by Crippen LogP contribution is 2.32. The average Bonchev–Trinajstić information content (AvgIpc) is 2.77. The molecule has 4 rings (SSSR count). The van der Waals surface area contributed by atoms with E-state index >= 15 is 0 Å². The molecular formula is C18H16ClN3S. The van der Waals surface area contributed by atoms with Crippen molar-refractivity contribution in [2.24, 2.45) is 0 Å². The van der Waals surface area contributed by atoms with Gasteiger partial charge in [0.15, 0.2) is 0 Å². The molecule has 116 valence electrons. The second-order valence-electron chi connectivity index (χ2n) is 5.61. The zero-order chi connectivity index (χ0) is 15.8. The van der Waals surface area contributed by atoms with Gasteiger partial charge in [-0.2, -0.15) is 0 Å². The Morgan fingerprint density at radius 1 is 1.13 bits per heavy atom. The van der Waals surface area contributed by atoms with Crippen LogP contribution in [0.4, 0.5) is 11.5 Å². The van der Waals surface area contributed by atoms with Gasteiger partial charge in [0.1, 0.15) is 5.82 Å². The van der Waals surface area contributed by atoms with Gasteiger partial charge in [-0.3, -0.25) is 0 Å². The summed E-state index contributed by atoms with van der Waals surface area (Å²) in [5.41, 5.74) is 9.18. The number of nitrogen functional groups attached to an aromatic ring is 1. The van der Waals surface area contributed by atoms with E-state index in [-0.39, 0.29) is 0 Å². The number of fused-ring (bicyclic) bond motifs is 2. The lowest BCUT2D eigenvalue weighted by Gasteiger charge is -2.22. The van der Waals surface area contributed by atoms with E-state index in [1.54, 1.807) is 0 Å². The van der Waals surface area contributed by atoms with E-state index < -0.39 is 0 Å². The molecule has 0 radical (unpaired) electrons. The lowest BCUT2D eigenvalue weighted by molar-refractivity contribution is 0.821. The van der Waals surface area contributed by atoms with Crippen LogP contribution in [0.2, 0.25) is 5.02 Å². The lowest BCUT2D eigenvalue weighted by Crippen LogP contribution is -2.25. The van der Waals surface area contributed by atoms with Crippen LogP contribution in [0.3, 0.4) is 0 Å². The predicted octanol–water partition coefficient (Wildman–Crippen LogP) is 4.58. The Hall–Kier alpha value is -1.91. The fourth-order valence-corrected chi connectivity index (χ4v) is 4.09. The van der Waals surface area contributed by atoms with Crippen molar-refractivity contribution < 1.29 is 0 Å². The van der Waals surface area contributed by atoms with Crippen LogP contribution >= 0.6 is 23.4 Å². The van der Waals surface area contributed by atoms with E-state index in [9.17, 15) is 0 Å². The Bertz CT molecular complexity index is 881. The summed E-state index contributed by atoms with van der Waals surface area (Å²) in [6, 6.07) is 16.2. The van der Waals surface area contributed by atoms with E-state index in [1.165, 1.54) is 10.5 Å². The van der Waals surface area contributed by atoms with Crippen LogP contribution in [-0.4, -0.2) is 17.3 Å². The van der Waals surface area contributed by atoms with Crippen LogP contribution in [0, 0.1) is 0 Å². The largest absolute Gasteiger partial charge is 0.398 e. The molecule has 5 heteroatoms. The first kappa shape index (κ1) is 14.7. The zero-order valence-electron chi connectivity index (χ0n) is 12.5. The van der Waals surface area contributed by atoms with Gasteiger partial charge in [0, 0.05) is 45.9 Å². The van der Waals surface area contributed by atoms with Crippen LogP contribution < -0.4 is 10.6 Å². The summed E-state index contributed by atoms with van der Waals surface area (Å²) in [6.07, 6.45) is 0. The highest BCUT2D eigenvalue weighted by molar-refractivity contribution is 7.99. The van der Waals surface area contributed by atoms with E-state index in [1.807, 2.05) is 36.0 Å². The molecule has 1 aliphatic heterocycles. The number of hydrogen-bond donors (Lipinski definition) is 1. The molecule has 2 heterocycles. The minimum absolute atomic E-state index is 0.679. The maximum atomic E-state index is 6.24. The van der Waals surface area contributed by atoms with E-state index in [0.717, 1.165) is 41.3 Å². The van der Waals surface area contributed by atoms with E-state index in [0.29, 0.717) is 5.02 Å². The highest BCUT2D eigenvalue weighted by atomic mass is 35.5. The first-order valence-corrected chi connectivity index (χ1v) is 8.88. The Morgan fingerprint density at radius 2 is 2.00 bits per heavy atom. The summed E-state index contributed by atoms with van der Waals surface area (Å²) in [5.74, 6) is 1.96. The molecular weight excluding hydrogens is 326 g/mol. The normalized spacial score (nSPS) is 14.6. The van der Waals surface area contributed by atoms with Crippen LogP contribution in [0.1, 0.15) is 5.56 Å². The van der Waals surface area contributed by atoms with Gasteiger partial charge >= 0.3 is 0 Å². The fraction of sp³-hybridized carbons (Fsp3) is 0.167. The van der Waals surface area contributed by atoms with Crippen LogP contribution in [0.5, 0.6) is 0 Å². The summed E-state index contributed by atoms with van der Waals surface area (Å²) >= 11 is 7.96. The molecule has 0 atom stereocenters. The molecule has 2 N–H and O–H groups in total. The molecule has 0 fully saturated rings. The number of hydrogen-bond acceptors (Lipinski definition) is 4. The number of nitrogens with two attached hydrogens (primary N) is 1. The lowest BCUT2D eigenvalue weighted by atomic mass is 10.1. The number of anilines is 2. The first-order chi connectivity index (χ1) is 11.2. The van der Waals surface area contributed by atoms with Crippen LogP contribution in [-0.2, 0) is 6.54 Å². The maximum Gasteiger partial charge on any atom is 0.131 e. The summed E-state index contributed by atoms with van der Waals surface area (Å²) in [5, 5.41) is 1.59. The van der Waals surface area contributed by atoms with Gasteiger partial charge in [0.2, 0.25) is 0 Å². The van der Waals surface area contributed by atoms with Crippen molar-refractivity contribution in [3.05, 3.63) is 59.1 Å². The summed E-state index contributed by atoms with van der Waals surface area (Å²) < 4.78 is 0. The van der Waals surface area contributed by atoms with Gasteiger partial charge in [-0.05, 0) is 29.8 Å².